The number of benzene rings is 4. The van der Waals surface area contributed by atoms with E-state index in [0.717, 1.165) is 11.1 Å². The summed E-state index contributed by atoms with van der Waals surface area (Å²) in [5, 5.41) is 47.2. The van der Waals surface area contributed by atoms with Gasteiger partial charge in [0.15, 0.2) is 23.0 Å². The Bertz CT molecular complexity index is 1860. The van der Waals surface area contributed by atoms with Crippen LogP contribution in [0, 0.1) is 5.92 Å². The lowest BCUT2D eigenvalue weighted by Crippen LogP contribution is -2.42. The molecule has 4 aromatic rings. The van der Waals surface area contributed by atoms with E-state index in [1.807, 2.05) is 0 Å². The third-order valence-corrected chi connectivity index (χ3v) is 8.70. The number of carbonyl (C=O) groups excluding carboxylic acids is 2. The Hall–Kier alpha value is -6.04. The van der Waals surface area contributed by atoms with Crippen LogP contribution in [-0.2, 0) is 22.4 Å². The van der Waals surface area contributed by atoms with Crippen LogP contribution in [0.4, 0.5) is 0 Å². The summed E-state index contributed by atoms with van der Waals surface area (Å²) in [6.45, 7) is 0.444. The average Bonchev–Trinajstić information content (AvgIpc) is 3.12. The van der Waals surface area contributed by atoms with E-state index in [4.69, 9.17) is 18.9 Å². The fraction of sp³-hybridized carbons (Fsp3) is 0.263. The largest absolute Gasteiger partial charge is 0.508 e. The quantitative estimate of drug-likeness (QED) is 0.118. The molecular weight excluding hydrogens is 644 g/mol. The molecule has 0 radical (unpaired) electrons. The Labute approximate surface area is 289 Å². The van der Waals surface area contributed by atoms with Gasteiger partial charge >= 0.3 is 0 Å². The van der Waals surface area contributed by atoms with Gasteiger partial charge in [0.25, 0.3) is 0 Å². The molecule has 0 heterocycles. The molecule has 12 nitrogen and oxygen atoms in total. The van der Waals surface area contributed by atoms with Crippen molar-refractivity contribution in [2.45, 2.75) is 18.8 Å². The van der Waals surface area contributed by atoms with Gasteiger partial charge in [-0.2, -0.15) is 0 Å². The predicted octanol–water partition coefficient (Wildman–Crippen LogP) is 4.41. The number of carbonyl (C=O) groups is 2. The van der Waals surface area contributed by atoms with Crippen LogP contribution in [0.25, 0.3) is 6.08 Å². The lowest BCUT2D eigenvalue weighted by atomic mass is 9.70. The Morgan fingerprint density at radius 1 is 0.660 bits per heavy atom. The van der Waals surface area contributed by atoms with Gasteiger partial charge in [-0.1, -0.05) is 24.3 Å². The summed E-state index contributed by atoms with van der Waals surface area (Å²) in [6.07, 6.45) is 2.50. The number of rotatable bonds is 13. The normalized spacial score (nSPS) is 14.9. The maximum atomic E-state index is 14.4. The number of phenolic OH excluding ortho intramolecular Hbond substituents is 4. The fourth-order valence-corrected chi connectivity index (χ4v) is 6.20. The average molecular weight is 685 g/mol. The number of amides is 2. The van der Waals surface area contributed by atoms with Crippen LogP contribution in [0.2, 0.25) is 0 Å². The van der Waals surface area contributed by atoms with Gasteiger partial charge in [-0.15, -0.1) is 0 Å². The highest BCUT2D eigenvalue weighted by atomic mass is 16.5. The van der Waals surface area contributed by atoms with Crippen LogP contribution in [0.3, 0.4) is 0 Å². The summed E-state index contributed by atoms with van der Waals surface area (Å²) in [7, 11) is 5.53. The number of hydrogen-bond acceptors (Lipinski definition) is 10. The summed E-state index contributed by atoms with van der Waals surface area (Å²) in [4.78, 5) is 28.5. The molecule has 1 aliphatic carbocycles. The highest BCUT2D eigenvalue weighted by molar-refractivity contribution is 6.06. The zero-order chi connectivity index (χ0) is 35.9. The zero-order valence-electron chi connectivity index (χ0n) is 28.1. The van der Waals surface area contributed by atoms with Gasteiger partial charge < -0.3 is 50.0 Å². The van der Waals surface area contributed by atoms with E-state index < -0.39 is 23.7 Å². The monoisotopic (exact) mass is 684 g/mol. The van der Waals surface area contributed by atoms with E-state index in [1.54, 1.807) is 72.8 Å². The molecule has 0 unspecified atom stereocenters. The van der Waals surface area contributed by atoms with Crippen LogP contribution in [0.1, 0.15) is 33.7 Å². The third-order valence-electron chi connectivity index (χ3n) is 8.70. The van der Waals surface area contributed by atoms with Gasteiger partial charge in [-0.3, -0.25) is 9.59 Å². The minimum atomic E-state index is -1.17. The number of fused-ring (bicyclic) bond motifs is 1. The van der Waals surface area contributed by atoms with Crippen molar-refractivity contribution in [2.75, 3.05) is 41.5 Å². The molecule has 6 N–H and O–H groups in total. The van der Waals surface area contributed by atoms with Gasteiger partial charge in [0.05, 0.1) is 34.4 Å². The smallest absolute Gasteiger partial charge is 0.248 e. The maximum absolute atomic E-state index is 14.4. The van der Waals surface area contributed by atoms with Crippen LogP contribution >= 0.6 is 0 Å². The Kier molecular flexibility index (Phi) is 10.9. The molecule has 1 aliphatic rings. The van der Waals surface area contributed by atoms with E-state index in [-0.39, 0.29) is 64.7 Å². The van der Waals surface area contributed by atoms with Crippen LogP contribution in [-0.4, -0.2) is 73.8 Å². The van der Waals surface area contributed by atoms with Crippen molar-refractivity contribution in [3.63, 3.8) is 0 Å². The second-order valence-corrected chi connectivity index (χ2v) is 11.7. The highest BCUT2D eigenvalue weighted by Crippen LogP contribution is 2.54. The molecule has 0 saturated carbocycles. The second kappa shape index (κ2) is 15.5. The van der Waals surface area contributed by atoms with Crippen LogP contribution in [0.5, 0.6) is 46.0 Å². The number of ether oxygens (including phenoxy) is 4. The SMILES string of the molecule is COc1cc([C@H]2c3c(cc(OC)c(O)c3OC)C=C(C(=O)NCCc3ccc(O)cc3)[C@H]2C(=O)NCCc2ccc(O)cc2)cc(OC)c1O. The standard InChI is InChI=1S/C38H40N2O10/c1-47-28-19-24(20-29(48-2)34(28)43)31-32-23(18-30(49-3)35(44)36(32)50-4)17-27(37(45)39-15-13-21-5-9-25(41)10-6-21)33(31)38(46)40-16-14-22-7-11-26(42)12-8-22/h5-12,17-20,31,33,41-44H,13-16H2,1-4H3,(H,39,45)(H,40,46)/t31-,33+/m0/s1. The van der Waals surface area contributed by atoms with E-state index in [1.165, 1.54) is 28.4 Å². The molecular formula is C38H40N2O10. The minimum Gasteiger partial charge on any atom is -0.508 e. The molecule has 0 aliphatic heterocycles. The van der Waals surface area contributed by atoms with Crippen molar-refractivity contribution < 1.29 is 49.0 Å². The molecule has 50 heavy (non-hydrogen) atoms. The predicted molar refractivity (Wildman–Crippen MR) is 185 cm³/mol. The molecule has 12 heteroatoms. The summed E-state index contributed by atoms with van der Waals surface area (Å²) in [5.41, 5.74) is 3.20. The second-order valence-electron chi connectivity index (χ2n) is 11.7. The lowest BCUT2D eigenvalue weighted by molar-refractivity contribution is -0.127. The number of hydrogen-bond donors (Lipinski definition) is 6. The van der Waals surface area contributed by atoms with E-state index in [0.29, 0.717) is 29.5 Å². The fourth-order valence-electron chi connectivity index (χ4n) is 6.20. The van der Waals surface area contributed by atoms with Crippen molar-refractivity contribution in [3.05, 3.63) is 100 Å². The Morgan fingerprint density at radius 2 is 1.16 bits per heavy atom. The zero-order valence-corrected chi connectivity index (χ0v) is 28.1. The van der Waals surface area contributed by atoms with Gasteiger partial charge in [0, 0.05) is 30.1 Å². The molecule has 5 rings (SSSR count). The first-order chi connectivity index (χ1) is 24.1. The van der Waals surface area contributed by atoms with Gasteiger partial charge in [-0.25, -0.2) is 0 Å². The van der Waals surface area contributed by atoms with Gasteiger partial charge in [0.1, 0.15) is 11.5 Å². The van der Waals surface area contributed by atoms with Crippen molar-refractivity contribution >= 4 is 17.9 Å². The first-order valence-electron chi connectivity index (χ1n) is 15.9. The highest BCUT2D eigenvalue weighted by Gasteiger charge is 2.44. The first-order valence-corrected chi connectivity index (χ1v) is 15.9. The summed E-state index contributed by atoms with van der Waals surface area (Å²) >= 11 is 0. The maximum Gasteiger partial charge on any atom is 0.248 e. The van der Waals surface area contributed by atoms with Crippen molar-refractivity contribution in [1.29, 1.82) is 0 Å². The molecule has 0 aromatic heterocycles. The van der Waals surface area contributed by atoms with Gasteiger partial charge in [-0.05, 0) is 83.6 Å². The first kappa shape index (κ1) is 35.3. The minimum absolute atomic E-state index is 0.0419. The molecule has 2 amide bonds. The third kappa shape index (κ3) is 7.34. The Balaban J connectivity index is 1.62. The van der Waals surface area contributed by atoms with Crippen LogP contribution < -0.4 is 29.6 Å². The van der Waals surface area contributed by atoms with E-state index in [2.05, 4.69) is 10.6 Å². The van der Waals surface area contributed by atoms with Crippen molar-refractivity contribution in [1.82, 2.24) is 10.6 Å². The van der Waals surface area contributed by atoms with E-state index in [9.17, 15) is 30.0 Å². The summed E-state index contributed by atoms with van der Waals surface area (Å²) < 4.78 is 22.1. The number of nitrogens with one attached hydrogen (secondary N) is 2. The Morgan fingerprint density at radius 3 is 1.66 bits per heavy atom. The van der Waals surface area contributed by atoms with Crippen molar-refractivity contribution in [3.8, 4) is 46.0 Å². The topological polar surface area (TPSA) is 176 Å². The molecule has 0 spiro atoms. The lowest BCUT2D eigenvalue weighted by Gasteiger charge is -2.35. The van der Waals surface area contributed by atoms with Gasteiger partial charge in [0.2, 0.25) is 23.3 Å². The number of aromatic hydroxyl groups is 4. The molecule has 4 aromatic carbocycles. The molecule has 2 atom stereocenters. The molecule has 262 valence electrons. The number of phenols is 4. The number of methoxy groups -OCH3 is 4. The van der Waals surface area contributed by atoms with Crippen LogP contribution in [0.15, 0.2) is 72.3 Å². The molecule has 0 saturated heterocycles. The summed E-state index contributed by atoms with van der Waals surface area (Å²) in [5.74, 6) is -3.12. The summed E-state index contributed by atoms with van der Waals surface area (Å²) in [6, 6.07) is 18.0. The van der Waals surface area contributed by atoms with E-state index >= 15 is 0 Å². The molecule has 0 bridgehead atoms. The van der Waals surface area contributed by atoms with Crippen molar-refractivity contribution in [2.24, 2.45) is 5.92 Å². The molecule has 0 fully saturated rings.